The molecule has 2 aromatic heterocycles. The second-order valence-electron chi connectivity index (χ2n) is 7.33. The molecular weight excluding hydrogens is 344 g/mol. The number of hydrogen-bond acceptors (Lipinski definition) is 5. The lowest BCUT2D eigenvalue weighted by atomic mass is 9.94. The Morgan fingerprint density at radius 1 is 1.35 bits per heavy atom. The summed E-state index contributed by atoms with van der Waals surface area (Å²) in [4.78, 5) is 26.5. The standard InChI is InChI=1S/C20H24N4OS/c1-13-8-17-19(25)21-18(22-20(17)26-13)12-23(2)11-16-9-14-6-4-5-7-15(14)10-24(16)3/h4-8,16H,9-12H2,1-3H3,(H,21,22,25)/t16-/m1/s1. The summed E-state index contributed by atoms with van der Waals surface area (Å²) in [6.45, 7) is 4.59. The molecule has 3 heterocycles. The Balaban J connectivity index is 1.47. The first-order valence-electron chi connectivity index (χ1n) is 8.94. The van der Waals surface area contributed by atoms with Crippen LogP contribution < -0.4 is 5.56 Å². The van der Waals surface area contributed by atoms with Gasteiger partial charge < -0.3 is 4.98 Å². The molecule has 0 radical (unpaired) electrons. The molecule has 0 unspecified atom stereocenters. The highest BCUT2D eigenvalue weighted by atomic mass is 32.1. The van der Waals surface area contributed by atoms with Crippen molar-refractivity contribution in [1.29, 1.82) is 0 Å². The number of aromatic nitrogens is 2. The van der Waals surface area contributed by atoms with Gasteiger partial charge in [-0.3, -0.25) is 14.6 Å². The number of aromatic amines is 1. The van der Waals surface area contributed by atoms with E-state index in [-0.39, 0.29) is 5.56 Å². The number of fused-ring (bicyclic) bond motifs is 2. The molecule has 0 aliphatic carbocycles. The van der Waals surface area contributed by atoms with E-state index in [1.165, 1.54) is 11.1 Å². The summed E-state index contributed by atoms with van der Waals surface area (Å²) < 4.78 is 0. The number of H-pyrrole nitrogens is 1. The molecule has 136 valence electrons. The van der Waals surface area contributed by atoms with Crippen molar-refractivity contribution >= 4 is 21.6 Å². The summed E-state index contributed by atoms with van der Waals surface area (Å²) in [6.07, 6.45) is 1.06. The van der Waals surface area contributed by atoms with E-state index in [4.69, 9.17) is 0 Å². The molecule has 4 rings (SSSR count). The van der Waals surface area contributed by atoms with Crippen LogP contribution in [0.4, 0.5) is 0 Å². The molecule has 0 bridgehead atoms. The van der Waals surface area contributed by atoms with Gasteiger partial charge in [0, 0.05) is 24.0 Å². The monoisotopic (exact) mass is 368 g/mol. The van der Waals surface area contributed by atoms with Crippen LogP contribution in [-0.4, -0.2) is 46.4 Å². The zero-order valence-electron chi connectivity index (χ0n) is 15.5. The van der Waals surface area contributed by atoms with E-state index >= 15 is 0 Å². The van der Waals surface area contributed by atoms with Crippen molar-refractivity contribution in [2.75, 3.05) is 20.6 Å². The molecule has 0 amide bonds. The van der Waals surface area contributed by atoms with Gasteiger partial charge in [0.15, 0.2) is 0 Å². The predicted molar refractivity (Wildman–Crippen MR) is 107 cm³/mol. The van der Waals surface area contributed by atoms with Gasteiger partial charge in [0.2, 0.25) is 0 Å². The number of benzene rings is 1. The predicted octanol–water partition coefficient (Wildman–Crippen LogP) is 2.78. The topological polar surface area (TPSA) is 52.2 Å². The minimum atomic E-state index is -0.0357. The molecule has 6 heteroatoms. The van der Waals surface area contributed by atoms with E-state index in [0.717, 1.165) is 35.0 Å². The molecule has 1 aromatic carbocycles. The van der Waals surface area contributed by atoms with Gasteiger partial charge in [0.25, 0.3) is 5.56 Å². The maximum absolute atomic E-state index is 12.3. The summed E-state index contributed by atoms with van der Waals surface area (Å²) in [5.41, 5.74) is 2.84. The lowest BCUT2D eigenvalue weighted by Gasteiger charge is -2.36. The highest BCUT2D eigenvalue weighted by Crippen LogP contribution is 2.23. The van der Waals surface area contributed by atoms with E-state index in [1.807, 2.05) is 13.0 Å². The highest BCUT2D eigenvalue weighted by Gasteiger charge is 2.24. The smallest absolute Gasteiger partial charge is 0.259 e. The molecule has 1 N–H and O–H groups in total. The Hall–Kier alpha value is -2.02. The number of thiophene rings is 1. The Labute approximate surface area is 157 Å². The van der Waals surface area contributed by atoms with E-state index in [1.54, 1.807) is 11.3 Å². The van der Waals surface area contributed by atoms with E-state index in [0.29, 0.717) is 18.0 Å². The number of rotatable bonds is 4. The summed E-state index contributed by atoms with van der Waals surface area (Å²) in [5.74, 6) is 0.741. The van der Waals surface area contributed by atoms with Crippen LogP contribution in [0.1, 0.15) is 21.8 Å². The molecule has 0 fully saturated rings. The van der Waals surface area contributed by atoms with E-state index in [2.05, 4.69) is 58.1 Å². The van der Waals surface area contributed by atoms with Crippen LogP contribution in [0, 0.1) is 6.92 Å². The van der Waals surface area contributed by atoms with Crippen LogP contribution in [0.15, 0.2) is 35.1 Å². The molecule has 1 aliphatic heterocycles. The van der Waals surface area contributed by atoms with Crippen LogP contribution in [0.5, 0.6) is 0 Å². The molecule has 0 saturated heterocycles. The fourth-order valence-electron chi connectivity index (χ4n) is 3.77. The summed E-state index contributed by atoms with van der Waals surface area (Å²) in [6, 6.07) is 11.1. The SMILES string of the molecule is Cc1cc2c(=O)[nH]c(CN(C)C[C@H]3Cc4ccccc4CN3C)nc2s1. The van der Waals surface area contributed by atoms with Gasteiger partial charge in [-0.25, -0.2) is 4.98 Å². The molecule has 3 aromatic rings. The molecule has 0 spiro atoms. The van der Waals surface area contributed by atoms with Gasteiger partial charge >= 0.3 is 0 Å². The Morgan fingerprint density at radius 3 is 2.92 bits per heavy atom. The number of nitrogens with zero attached hydrogens (tertiary/aromatic N) is 3. The molecule has 0 saturated carbocycles. The van der Waals surface area contributed by atoms with Gasteiger partial charge in [-0.2, -0.15) is 0 Å². The third-order valence-electron chi connectivity index (χ3n) is 5.13. The van der Waals surface area contributed by atoms with E-state index in [9.17, 15) is 4.79 Å². The lowest BCUT2D eigenvalue weighted by molar-refractivity contribution is 0.157. The molecule has 5 nitrogen and oxygen atoms in total. The Kier molecular flexibility index (Phi) is 4.65. The maximum Gasteiger partial charge on any atom is 0.259 e. The third-order valence-corrected chi connectivity index (χ3v) is 6.08. The largest absolute Gasteiger partial charge is 0.309 e. The van der Waals surface area contributed by atoms with Crippen molar-refractivity contribution in [3.8, 4) is 0 Å². The van der Waals surface area contributed by atoms with Crippen molar-refractivity contribution in [3.05, 3.63) is 62.5 Å². The minimum Gasteiger partial charge on any atom is -0.309 e. The van der Waals surface area contributed by atoms with Crippen LogP contribution in [-0.2, 0) is 19.5 Å². The number of nitrogens with one attached hydrogen (secondary N) is 1. The average Bonchev–Trinajstić information content (AvgIpc) is 2.96. The average molecular weight is 369 g/mol. The zero-order valence-corrected chi connectivity index (χ0v) is 16.3. The summed E-state index contributed by atoms with van der Waals surface area (Å²) in [5, 5.41) is 0.697. The zero-order chi connectivity index (χ0) is 18.3. The number of aryl methyl sites for hydroxylation is 1. The van der Waals surface area contributed by atoms with Gasteiger partial charge in [0.05, 0.1) is 11.9 Å². The van der Waals surface area contributed by atoms with Crippen LogP contribution >= 0.6 is 11.3 Å². The van der Waals surface area contributed by atoms with Crippen LogP contribution in [0.2, 0.25) is 0 Å². The fourth-order valence-corrected chi connectivity index (χ4v) is 4.67. The summed E-state index contributed by atoms with van der Waals surface area (Å²) >= 11 is 1.58. The molecule has 1 aliphatic rings. The maximum atomic E-state index is 12.3. The second-order valence-corrected chi connectivity index (χ2v) is 8.56. The van der Waals surface area contributed by atoms with Gasteiger partial charge in [0.1, 0.15) is 10.7 Å². The first-order valence-corrected chi connectivity index (χ1v) is 9.76. The van der Waals surface area contributed by atoms with Crippen LogP contribution in [0.3, 0.4) is 0 Å². The molecular formula is C20H24N4OS. The van der Waals surface area contributed by atoms with Crippen molar-refractivity contribution in [2.24, 2.45) is 0 Å². The first kappa shape index (κ1) is 17.4. The first-order chi connectivity index (χ1) is 12.5. The molecule has 26 heavy (non-hydrogen) atoms. The van der Waals surface area contributed by atoms with E-state index < -0.39 is 0 Å². The number of hydrogen-bond donors (Lipinski definition) is 1. The fraction of sp³-hybridized carbons (Fsp3) is 0.400. The quantitative estimate of drug-likeness (QED) is 0.769. The van der Waals surface area contributed by atoms with Gasteiger partial charge in [-0.1, -0.05) is 24.3 Å². The number of likely N-dealkylation sites (N-methyl/N-ethyl adjacent to an activating group) is 2. The van der Waals surface area contributed by atoms with Crippen molar-refractivity contribution in [1.82, 2.24) is 19.8 Å². The second kappa shape index (κ2) is 6.95. The Bertz CT molecular complexity index is 993. The third kappa shape index (κ3) is 3.45. The lowest BCUT2D eigenvalue weighted by Crippen LogP contribution is -2.44. The van der Waals surface area contributed by atoms with Gasteiger partial charge in [-0.15, -0.1) is 11.3 Å². The van der Waals surface area contributed by atoms with Gasteiger partial charge in [-0.05, 0) is 44.6 Å². The van der Waals surface area contributed by atoms with Crippen molar-refractivity contribution in [2.45, 2.75) is 32.5 Å². The normalized spacial score (nSPS) is 17.8. The van der Waals surface area contributed by atoms with Crippen LogP contribution in [0.25, 0.3) is 10.2 Å². The molecule has 1 atom stereocenters. The summed E-state index contributed by atoms with van der Waals surface area (Å²) in [7, 11) is 4.28. The highest BCUT2D eigenvalue weighted by molar-refractivity contribution is 7.18. The van der Waals surface area contributed by atoms with Crippen molar-refractivity contribution in [3.63, 3.8) is 0 Å². The van der Waals surface area contributed by atoms with Crippen molar-refractivity contribution < 1.29 is 0 Å². The Morgan fingerprint density at radius 2 is 2.12 bits per heavy atom. The minimum absolute atomic E-state index is 0.0357.